The third-order valence-corrected chi connectivity index (χ3v) is 14.6. The smallest absolute Gasteiger partial charge is 0.0688 e. The summed E-state index contributed by atoms with van der Waals surface area (Å²) in [5, 5.41) is 7.48. The van der Waals surface area contributed by atoms with Crippen molar-refractivity contribution < 1.29 is 0 Å². The summed E-state index contributed by atoms with van der Waals surface area (Å²) in [6.45, 7) is 2.34. The first-order valence-corrected chi connectivity index (χ1v) is 22.4. The Morgan fingerprint density at radius 1 is 0.385 bits per heavy atom. The fraction of sp³-hybridized carbons (Fsp3) is 0.0323. The molecule has 0 bridgehead atoms. The lowest BCUT2D eigenvalue weighted by Gasteiger charge is -2.32. The third kappa shape index (κ3) is 4.65. The van der Waals surface area contributed by atoms with E-state index in [4.69, 9.17) is 6.42 Å². The number of aromatic nitrogens is 3. The summed E-state index contributed by atoms with van der Waals surface area (Å²) >= 11 is 0. The highest BCUT2D eigenvalue weighted by Gasteiger charge is 2.52. The van der Waals surface area contributed by atoms with E-state index in [1.807, 2.05) is 6.08 Å². The Morgan fingerprint density at radius 3 is 1.00 bits per heavy atom. The van der Waals surface area contributed by atoms with Crippen molar-refractivity contribution in [2.75, 3.05) is 0 Å². The van der Waals surface area contributed by atoms with E-state index in [1.54, 1.807) is 0 Å². The van der Waals surface area contributed by atoms with Gasteiger partial charge in [-0.05, 0) is 136 Å². The number of fused-ring (bicyclic) bond motifs is 16. The second kappa shape index (κ2) is 13.2. The van der Waals surface area contributed by atoms with Gasteiger partial charge in [0.05, 0.1) is 38.5 Å². The van der Waals surface area contributed by atoms with Gasteiger partial charge in [0.15, 0.2) is 0 Å². The minimum absolute atomic E-state index is 0.660. The molecule has 2 aliphatic rings. The summed E-state index contributed by atoms with van der Waals surface area (Å²) in [6.07, 6.45) is 10.1. The van der Waals surface area contributed by atoms with Gasteiger partial charge in [0.2, 0.25) is 0 Å². The molecule has 302 valence electrons. The molecule has 3 heteroatoms. The Hall–Kier alpha value is -8.58. The van der Waals surface area contributed by atoms with Crippen LogP contribution in [0, 0.1) is 12.3 Å². The lowest BCUT2D eigenvalue weighted by Crippen LogP contribution is -2.27. The Kier molecular flexibility index (Phi) is 7.31. The maximum absolute atomic E-state index is 6.03. The van der Waals surface area contributed by atoms with Crippen LogP contribution in [0.15, 0.2) is 218 Å². The Balaban J connectivity index is 1.11. The van der Waals surface area contributed by atoms with Crippen molar-refractivity contribution in [3.63, 3.8) is 0 Å². The highest BCUT2D eigenvalue weighted by molar-refractivity contribution is 6.12. The molecule has 9 aromatic carbocycles. The van der Waals surface area contributed by atoms with Crippen LogP contribution in [-0.4, -0.2) is 13.7 Å². The quantitative estimate of drug-likeness (QED) is 0.157. The molecular weight excluding hydrogens is 787 g/mol. The number of nitrogens with zero attached hydrogens (tertiary/aromatic N) is 3. The van der Waals surface area contributed by atoms with Crippen LogP contribution in [0.2, 0.25) is 0 Å². The number of rotatable bonds is 4. The summed E-state index contributed by atoms with van der Waals surface area (Å²) in [4.78, 5) is 0. The van der Waals surface area contributed by atoms with E-state index < -0.39 is 5.41 Å². The molecule has 65 heavy (non-hydrogen) atoms. The molecule has 14 rings (SSSR count). The molecule has 0 radical (unpaired) electrons. The van der Waals surface area contributed by atoms with Crippen molar-refractivity contribution in [1.82, 2.24) is 13.7 Å². The topological polar surface area (TPSA) is 14.8 Å². The first kappa shape index (κ1) is 36.0. The number of benzene rings is 9. The molecule has 0 atom stereocenters. The standard InChI is InChI=1S/C62H39N3/c1-3-4-17-43-39(2)62(53-36-40(30-33-44(43)53)63-56-24-11-5-18-47(56)48-19-6-12-25-57(48)63)54-37-41(64-58-26-13-7-20-49(58)50-21-8-14-27-59(50)64)31-34-45(54)46-35-32-42(38-55(46)62)65-60-28-15-9-22-51(60)52-23-10-16-29-61(52)65/h1,4-38H,2H3/b17-4-. The van der Waals surface area contributed by atoms with Gasteiger partial charge in [0, 0.05) is 49.4 Å². The monoisotopic (exact) mass is 825 g/mol. The number of allylic oxidation sites excluding steroid dienone is 4. The normalized spacial score (nSPS) is 13.9. The summed E-state index contributed by atoms with van der Waals surface area (Å²) in [7, 11) is 0. The summed E-state index contributed by atoms with van der Waals surface area (Å²) in [5.41, 5.74) is 19.8. The number of terminal acetylenes is 1. The zero-order valence-corrected chi connectivity index (χ0v) is 35.6. The van der Waals surface area contributed by atoms with Gasteiger partial charge in [0.25, 0.3) is 0 Å². The zero-order chi connectivity index (χ0) is 43.0. The van der Waals surface area contributed by atoms with E-state index in [9.17, 15) is 0 Å². The first-order valence-electron chi connectivity index (χ1n) is 22.4. The van der Waals surface area contributed by atoms with Crippen molar-refractivity contribution in [3.05, 3.63) is 240 Å². The average molecular weight is 826 g/mol. The summed E-state index contributed by atoms with van der Waals surface area (Å²) in [5.74, 6) is 2.84. The minimum atomic E-state index is -0.660. The molecule has 3 nitrogen and oxygen atoms in total. The van der Waals surface area contributed by atoms with E-state index in [0.29, 0.717) is 0 Å². The molecule has 0 unspecified atom stereocenters. The van der Waals surface area contributed by atoms with Crippen molar-refractivity contribution >= 4 is 71.0 Å². The lowest BCUT2D eigenvalue weighted by molar-refractivity contribution is 0.763. The average Bonchev–Trinajstić information content (AvgIpc) is 4.12. The van der Waals surface area contributed by atoms with Gasteiger partial charge in [-0.15, -0.1) is 6.42 Å². The second-order valence-electron chi connectivity index (χ2n) is 17.6. The predicted molar refractivity (Wildman–Crippen MR) is 272 cm³/mol. The molecule has 2 aliphatic carbocycles. The fourth-order valence-electron chi connectivity index (χ4n) is 12.0. The van der Waals surface area contributed by atoms with Crippen molar-refractivity contribution in [3.8, 4) is 40.5 Å². The van der Waals surface area contributed by atoms with Crippen LogP contribution in [-0.2, 0) is 5.41 Å². The second-order valence-corrected chi connectivity index (χ2v) is 17.6. The van der Waals surface area contributed by atoms with Gasteiger partial charge in [-0.1, -0.05) is 133 Å². The van der Waals surface area contributed by atoms with E-state index in [1.165, 1.54) is 104 Å². The first-order chi connectivity index (χ1) is 32.1. The Morgan fingerprint density at radius 2 is 0.677 bits per heavy atom. The predicted octanol–water partition coefficient (Wildman–Crippen LogP) is 15.3. The molecular formula is C62H39N3. The van der Waals surface area contributed by atoms with E-state index in [0.717, 1.165) is 22.6 Å². The maximum Gasteiger partial charge on any atom is 0.0688 e. The van der Waals surface area contributed by atoms with Gasteiger partial charge in [-0.2, -0.15) is 0 Å². The van der Waals surface area contributed by atoms with Crippen molar-refractivity contribution in [2.45, 2.75) is 12.3 Å². The molecule has 0 aliphatic heterocycles. The third-order valence-electron chi connectivity index (χ3n) is 14.6. The van der Waals surface area contributed by atoms with E-state index in [-0.39, 0.29) is 0 Å². The van der Waals surface area contributed by atoms with Crippen LogP contribution in [0.3, 0.4) is 0 Å². The van der Waals surface area contributed by atoms with E-state index in [2.05, 4.69) is 233 Å². The van der Waals surface area contributed by atoms with Crippen molar-refractivity contribution in [1.29, 1.82) is 0 Å². The van der Waals surface area contributed by atoms with Gasteiger partial charge in [-0.3, -0.25) is 0 Å². The molecule has 0 saturated carbocycles. The van der Waals surface area contributed by atoms with Gasteiger partial charge in [0.1, 0.15) is 0 Å². The van der Waals surface area contributed by atoms with E-state index >= 15 is 0 Å². The molecule has 3 aromatic heterocycles. The molecule has 0 amide bonds. The van der Waals surface area contributed by atoms with Crippen LogP contribution in [0.4, 0.5) is 0 Å². The Labute approximate surface area is 376 Å². The molecule has 0 saturated heterocycles. The van der Waals surface area contributed by atoms with Gasteiger partial charge < -0.3 is 13.7 Å². The van der Waals surface area contributed by atoms with Crippen LogP contribution in [0.5, 0.6) is 0 Å². The molecule has 1 spiro atoms. The van der Waals surface area contributed by atoms with Crippen LogP contribution in [0.1, 0.15) is 29.2 Å². The van der Waals surface area contributed by atoms with Gasteiger partial charge in [-0.25, -0.2) is 0 Å². The van der Waals surface area contributed by atoms with Crippen molar-refractivity contribution in [2.24, 2.45) is 0 Å². The zero-order valence-electron chi connectivity index (χ0n) is 35.6. The summed E-state index contributed by atoms with van der Waals surface area (Å²) in [6, 6.07) is 74.2. The SMILES string of the molecule is C#C/C=C\C1=C(C)C2(c3cc(-n4c5ccccc5c5ccccc54)ccc31)c1cc(-n3c4ccccc4c4ccccc43)ccc1-c1ccc(-n3c4ccccc4c4ccccc43)cc12. The van der Waals surface area contributed by atoms with Crippen LogP contribution < -0.4 is 0 Å². The largest absolute Gasteiger partial charge is 0.309 e. The minimum Gasteiger partial charge on any atom is -0.309 e. The number of para-hydroxylation sites is 6. The summed E-state index contributed by atoms with van der Waals surface area (Å²) < 4.78 is 7.35. The lowest BCUT2D eigenvalue weighted by atomic mass is 9.70. The number of hydrogen-bond acceptors (Lipinski definition) is 0. The molecule has 0 N–H and O–H groups in total. The Bertz CT molecular complexity index is 3830. The fourth-order valence-corrected chi connectivity index (χ4v) is 12.0. The maximum atomic E-state index is 6.03. The van der Waals surface area contributed by atoms with Crippen LogP contribution >= 0.6 is 0 Å². The molecule has 0 fully saturated rings. The number of hydrogen-bond donors (Lipinski definition) is 0. The molecule has 3 heterocycles. The molecule has 12 aromatic rings. The highest BCUT2D eigenvalue weighted by Crippen LogP contribution is 2.63. The highest BCUT2D eigenvalue weighted by atomic mass is 15.0. The van der Waals surface area contributed by atoms with Gasteiger partial charge >= 0.3 is 0 Å². The van der Waals surface area contributed by atoms with Crippen LogP contribution in [0.25, 0.3) is 99.2 Å².